The summed E-state index contributed by atoms with van der Waals surface area (Å²) in [6, 6.07) is 0. The van der Waals surface area contributed by atoms with Gasteiger partial charge < -0.3 is 0 Å². The fourth-order valence-electron chi connectivity index (χ4n) is 0.380. The van der Waals surface area contributed by atoms with Crippen molar-refractivity contribution in [3.05, 3.63) is 23.0 Å². The molecular weight excluding hydrogens is 106 g/mol. The fourth-order valence-corrected chi connectivity index (χ4v) is 0.882. The van der Waals surface area contributed by atoms with Crippen LogP contribution in [0.15, 0.2) is 5.38 Å². The van der Waals surface area contributed by atoms with Crippen LogP contribution < -0.4 is 0 Å². The van der Waals surface area contributed by atoms with Crippen molar-refractivity contribution in [3.63, 3.8) is 0 Å². The highest BCUT2D eigenvalue weighted by molar-refractivity contribution is 7.09. The van der Waals surface area contributed by atoms with Gasteiger partial charge in [0.25, 0.3) is 0 Å². The van der Waals surface area contributed by atoms with E-state index in [1.807, 2.05) is 12.3 Å². The van der Waals surface area contributed by atoms with Crippen molar-refractivity contribution in [1.29, 1.82) is 0 Å². The van der Waals surface area contributed by atoms with Gasteiger partial charge in [0, 0.05) is 12.3 Å². The molecule has 0 fully saturated rings. The Kier molecular flexibility index (Phi) is 1.11. The van der Waals surface area contributed by atoms with E-state index in [2.05, 4.69) is 4.98 Å². The maximum absolute atomic E-state index is 5.28. The molecule has 1 nitrogen and oxygen atoms in total. The average molecular weight is 111 g/mol. The van der Waals surface area contributed by atoms with Crippen molar-refractivity contribution in [1.82, 2.24) is 4.98 Å². The minimum absolute atomic E-state index is 0.627. The first-order valence-corrected chi connectivity index (χ1v) is 2.84. The minimum atomic E-state index is 0.627. The first-order valence-electron chi connectivity index (χ1n) is 1.96. The Balaban J connectivity index is 3.04. The standard InChI is InChI=1S/C5H5NS/c1-4-3-7-5(2)6-4/h1,3H,2H3. The lowest BCUT2D eigenvalue weighted by atomic mass is 10.6. The molecule has 1 aromatic rings. The molecule has 1 rings (SSSR count). The Morgan fingerprint density at radius 1 is 1.86 bits per heavy atom. The summed E-state index contributed by atoms with van der Waals surface area (Å²) in [5.41, 5.74) is 0.627. The highest BCUT2D eigenvalue weighted by atomic mass is 32.1. The SMILES string of the molecule is [CH]c1csc(C)n1. The summed E-state index contributed by atoms with van der Waals surface area (Å²) >= 11 is 1.57. The number of aromatic nitrogens is 1. The molecule has 0 spiro atoms. The second kappa shape index (κ2) is 1.62. The molecule has 0 atom stereocenters. The van der Waals surface area contributed by atoms with Gasteiger partial charge in [0.05, 0.1) is 10.7 Å². The predicted octanol–water partition coefficient (Wildman–Crippen LogP) is 1.51. The van der Waals surface area contributed by atoms with Crippen LogP contribution in [0.25, 0.3) is 0 Å². The van der Waals surface area contributed by atoms with Crippen LogP contribution in [0, 0.1) is 13.8 Å². The van der Waals surface area contributed by atoms with Gasteiger partial charge in [-0.15, -0.1) is 11.3 Å². The molecule has 1 heterocycles. The molecule has 0 aromatic carbocycles. The number of rotatable bonds is 0. The summed E-state index contributed by atoms with van der Waals surface area (Å²) in [5, 5.41) is 2.85. The zero-order valence-electron chi connectivity index (χ0n) is 4.01. The Labute approximate surface area is 47.0 Å². The van der Waals surface area contributed by atoms with Gasteiger partial charge in [-0.3, -0.25) is 0 Å². The van der Waals surface area contributed by atoms with Crippen LogP contribution in [0.5, 0.6) is 0 Å². The monoisotopic (exact) mass is 111 g/mol. The van der Waals surface area contributed by atoms with Gasteiger partial charge in [0.2, 0.25) is 0 Å². The van der Waals surface area contributed by atoms with Crippen LogP contribution in [-0.4, -0.2) is 4.98 Å². The lowest BCUT2D eigenvalue weighted by molar-refractivity contribution is 1.25. The molecule has 7 heavy (non-hydrogen) atoms. The Morgan fingerprint density at radius 2 is 2.57 bits per heavy atom. The van der Waals surface area contributed by atoms with E-state index < -0.39 is 0 Å². The maximum Gasteiger partial charge on any atom is 0.0897 e. The summed E-state index contributed by atoms with van der Waals surface area (Å²) in [6.07, 6.45) is 0. The molecule has 36 valence electrons. The second-order valence-electron chi connectivity index (χ2n) is 1.29. The van der Waals surface area contributed by atoms with Gasteiger partial charge >= 0.3 is 0 Å². The fraction of sp³-hybridized carbons (Fsp3) is 0.200. The van der Waals surface area contributed by atoms with Crippen molar-refractivity contribution in [2.75, 3.05) is 0 Å². The van der Waals surface area contributed by atoms with E-state index in [1.165, 1.54) is 0 Å². The van der Waals surface area contributed by atoms with Crippen LogP contribution in [0.2, 0.25) is 0 Å². The van der Waals surface area contributed by atoms with Gasteiger partial charge in [-0.25, -0.2) is 4.98 Å². The minimum Gasteiger partial charge on any atom is -0.246 e. The number of nitrogens with zero attached hydrogens (tertiary/aromatic N) is 1. The van der Waals surface area contributed by atoms with Crippen LogP contribution in [0.3, 0.4) is 0 Å². The van der Waals surface area contributed by atoms with E-state index in [0.717, 1.165) is 5.01 Å². The van der Waals surface area contributed by atoms with Gasteiger partial charge in [-0.05, 0) is 6.92 Å². The van der Waals surface area contributed by atoms with Crippen LogP contribution in [-0.2, 0) is 0 Å². The van der Waals surface area contributed by atoms with Crippen molar-refractivity contribution in [3.8, 4) is 0 Å². The quantitative estimate of drug-likeness (QED) is 0.494. The highest BCUT2D eigenvalue weighted by Gasteiger charge is 1.86. The van der Waals surface area contributed by atoms with E-state index in [9.17, 15) is 0 Å². The number of hydrogen-bond donors (Lipinski definition) is 0. The Bertz CT molecular complexity index is 140. The number of hydrogen-bond acceptors (Lipinski definition) is 2. The van der Waals surface area contributed by atoms with E-state index >= 15 is 0 Å². The molecule has 0 N–H and O–H groups in total. The highest BCUT2D eigenvalue weighted by Crippen LogP contribution is 2.04. The van der Waals surface area contributed by atoms with Crippen molar-refractivity contribution in [2.45, 2.75) is 6.92 Å². The van der Waals surface area contributed by atoms with Gasteiger partial charge in [-0.1, -0.05) is 0 Å². The van der Waals surface area contributed by atoms with Crippen LogP contribution in [0.1, 0.15) is 10.7 Å². The summed E-state index contributed by atoms with van der Waals surface area (Å²) < 4.78 is 0. The average Bonchev–Trinajstić information content (AvgIpc) is 1.87. The molecule has 0 saturated carbocycles. The van der Waals surface area contributed by atoms with E-state index in [0.29, 0.717) is 5.69 Å². The third-order valence-corrected chi connectivity index (χ3v) is 1.43. The predicted molar refractivity (Wildman–Crippen MR) is 30.3 cm³/mol. The summed E-state index contributed by atoms with van der Waals surface area (Å²) in [6.45, 7) is 7.21. The van der Waals surface area contributed by atoms with Crippen molar-refractivity contribution >= 4 is 11.3 Å². The zero-order valence-corrected chi connectivity index (χ0v) is 4.83. The lowest BCUT2D eigenvalue weighted by Crippen LogP contribution is -1.67. The van der Waals surface area contributed by atoms with Crippen LogP contribution in [0.4, 0.5) is 0 Å². The van der Waals surface area contributed by atoms with Gasteiger partial charge in [0.1, 0.15) is 0 Å². The first kappa shape index (κ1) is 4.78. The van der Waals surface area contributed by atoms with Crippen molar-refractivity contribution in [2.24, 2.45) is 0 Å². The molecule has 2 heteroatoms. The molecule has 0 aliphatic heterocycles. The van der Waals surface area contributed by atoms with Gasteiger partial charge in [-0.2, -0.15) is 0 Å². The molecule has 0 saturated heterocycles. The van der Waals surface area contributed by atoms with E-state index in [1.54, 1.807) is 11.3 Å². The molecule has 0 amide bonds. The largest absolute Gasteiger partial charge is 0.246 e. The molecule has 0 unspecified atom stereocenters. The topological polar surface area (TPSA) is 12.9 Å². The molecule has 0 aliphatic rings. The third-order valence-electron chi connectivity index (χ3n) is 0.637. The third kappa shape index (κ3) is 0.996. The zero-order chi connectivity index (χ0) is 5.28. The summed E-state index contributed by atoms with van der Waals surface area (Å²) in [5.74, 6) is 0. The van der Waals surface area contributed by atoms with Gasteiger partial charge in [0.15, 0.2) is 0 Å². The summed E-state index contributed by atoms with van der Waals surface area (Å²) in [7, 11) is 0. The molecular formula is C5H5NS. The lowest BCUT2D eigenvalue weighted by Gasteiger charge is -1.70. The normalized spacial score (nSPS) is 9.43. The van der Waals surface area contributed by atoms with E-state index in [-0.39, 0.29) is 0 Å². The molecule has 0 bridgehead atoms. The summed E-state index contributed by atoms with van der Waals surface area (Å²) in [4.78, 5) is 3.91. The maximum atomic E-state index is 5.28. The first-order chi connectivity index (χ1) is 3.29. The number of thiazole rings is 1. The van der Waals surface area contributed by atoms with E-state index in [4.69, 9.17) is 6.92 Å². The molecule has 2 radical (unpaired) electrons. The molecule has 1 aromatic heterocycles. The Hall–Kier alpha value is -0.370. The van der Waals surface area contributed by atoms with Crippen molar-refractivity contribution < 1.29 is 0 Å². The number of aryl methyl sites for hydroxylation is 1. The Morgan fingerprint density at radius 3 is 2.71 bits per heavy atom. The van der Waals surface area contributed by atoms with Crippen LogP contribution >= 0.6 is 11.3 Å². The smallest absolute Gasteiger partial charge is 0.0897 e. The molecule has 0 aliphatic carbocycles. The second-order valence-corrected chi connectivity index (χ2v) is 2.35.